The summed E-state index contributed by atoms with van der Waals surface area (Å²) >= 11 is 0. The Morgan fingerprint density at radius 2 is 1.94 bits per heavy atom. The zero-order valence-corrected chi connectivity index (χ0v) is 9.87. The van der Waals surface area contributed by atoms with Gasteiger partial charge in [-0.1, -0.05) is 0 Å². The highest BCUT2D eigenvalue weighted by molar-refractivity contribution is 5.97. The second-order valence-electron chi connectivity index (χ2n) is 4.21. The quantitative estimate of drug-likeness (QED) is 0.435. The standard InChI is InChI=1S/C12H15N3O3/c13-9-1-2-11(17)10(7-9)12(18)15-5-3-14(8-16)4-6-15/h1-2,7-8,17H,3-6,13H2. The number of nitrogens with two attached hydrogens (primary N) is 1. The number of anilines is 1. The van der Waals surface area contributed by atoms with Crippen LogP contribution in [-0.4, -0.2) is 53.4 Å². The van der Waals surface area contributed by atoms with Crippen LogP contribution in [0.5, 0.6) is 5.75 Å². The second kappa shape index (κ2) is 4.95. The summed E-state index contributed by atoms with van der Waals surface area (Å²) in [6.07, 6.45) is 0.778. The van der Waals surface area contributed by atoms with Gasteiger partial charge in [0.25, 0.3) is 5.91 Å². The summed E-state index contributed by atoms with van der Waals surface area (Å²) in [5.74, 6) is -0.336. The van der Waals surface area contributed by atoms with E-state index in [1.165, 1.54) is 18.2 Å². The number of carbonyl (C=O) groups is 2. The summed E-state index contributed by atoms with van der Waals surface area (Å²) in [6, 6.07) is 4.41. The van der Waals surface area contributed by atoms with E-state index in [0.717, 1.165) is 6.41 Å². The Hall–Kier alpha value is -2.24. The predicted molar refractivity (Wildman–Crippen MR) is 66.1 cm³/mol. The van der Waals surface area contributed by atoms with E-state index in [2.05, 4.69) is 0 Å². The fourth-order valence-electron chi connectivity index (χ4n) is 1.93. The lowest BCUT2D eigenvalue weighted by Crippen LogP contribution is -2.48. The van der Waals surface area contributed by atoms with E-state index in [9.17, 15) is 14.7 Å². The van der Waals surface area contributed by atoms with E-state index in [1.54, 1.807) is 9.80 Å². The van der Waals surface area contributed by atoms with Crippen molar-refractivity contribution in [1.29, 1.82) is 0 Å². The molecule has 1 aliphatic heterocycles. The van der Waals surface area contributed by atoms with Crippen LogP contribution in [0, 0.1) is 0 Å². The molecule has 0 atom stereocenters. The van der Waals surface area contributed by atoms with Crippen molar-refractivity contribution in [2.45, 2.75) is 0 Å². The number of piperazine rings is 1. The summed E-state index contributed by atoms with van der Waals surface area (Å²) in [7, 11) is 0. The van der Waals surface area contributed by atoms with Crippen molar-refractivity contribution in [2.75, 3.05) is 31.9 Å². The maximum absolute atomic E-state index is 12.2. The molecular weight excluding hydrogens is 234 g/mol. The number of phenolic OH excluding ortho intramolecular Hbond substituents is 1. The van der Waals surface area contributed by atoms with Crippen LogP contribution in [0.2, 0.25) is 0 Å². The van der Waals surface area contributed by atoms with Gasteiger partial charge in [-0.2, -0.15) is 0 Å². The molecule has 1 fully saturated rings. The molecule has 2 rings (SSSR count). The molecule has 0 unspecified atom stereocenters. The van der Waals surface area contributed by atoms with Gasteiger partial charge in [0, 0.05) is 31.9 Å². The van der Waals surface area contributed by atoms with Crippen LogP contribution in [0.25, 0.3) is 0 Å². The van der Waals surface area contributed by atoms with Gasteiger partial charge in [-0.3, -0.25) is 9.59 Å². The van der Waals surface area contributed by atoms with Crippen molar-refractivity contribution in [3.8, 4) is 5.75 Å². The lowest BCUT2D eigenvalue weighted by molar-refractivity contribution is -0.119. The molecule has 1 heterocycles. The minimum absolute atomic E-state index is 0.0768. The molecule has 0 bridgehead atoms. The van der Waals surface area contributed by atoms with Crippen molar-refractivity contribution < 1.29 is 14.7 Å². The molecule has 6 heteroatoms. The number of phenols is 1. The Balaban J connectivity index is 2.12. The molecule has 2 amide bonds. The summed E-state index contributed by atoms with van der Waals surface area (Å²) in [5.41, 5.74) is 6.24. The molecule has 1 aliphatic rings. The fraction of sp³-hybridized carbons (Fsp3) is 0.333. The highest BCUT2D eigenvalue weighted by Crippen LogP contribution is 2.21. The Kier molecular flexibility index (Phi) is 3.36. The van der Waals surface area contributed by atoms with Gasteiger partial charge in [0.15, 0.2) is 0 Å². The first-order valence-corrected chi connectivity index (χ1v) is 5.69. The van der Waals surface area contributed by atoms with Crippen molar-refractivity contribution in [1.82, 2.24) is 9.80 Å². The minimum atomic E-state index is -0.259. The molecule has 96 valence electrons. The predicted octanol–water partition coefficient (Wildman–Crippen LogP) is -0.111. The molecule has 1 saturated heterocycles. The topological polar surface area (TPSA) is 86.9 Å². The average Bonchev–Trinajstić information content (AvgIpc) is 2.41. The van der Waals surface area contributed by atoms with Crippen LogP contribution in [0.1, 0.15) is 10.4 Å². The Labute approximate surface area is 105 Å². The van der Waals surface area contributed by atoms with Crippen LogP contribution in [-0.2, 0) is 4.79 Å². The van der Waals surface area contributed by atoms with E-state index in [-0.39, 0.29) is 17.2 Å². The Bertz CT molecular complexity index is 468. The number of hydrogen-bond acceptors (Lipinski definition) is 4. The smallest absolute Gasteiger partial charge is 0.257 e. The van der Waals surface area contributed by atoms with Crippen molar-refractivity contribution >= 4 is 18.0 Å². The summed E-state index contributed by atoms with van der Waals surface area (Å²) in [4.78, 5) is 26.0. The SMILES string of the molecule is Nc1ccc(O)c(C(=O)N2CCN(C=O)CC2)c1. The van der Waals surface area contributed by atoms with E-state index < -0.39 is 0 Å². The van der Waals surface area contributed by atoms with Gasteiger partial charge in [0.2, 0.25) is 6.41 Å². The minimum Gasteiger partial charge on any atom is -0.507 e. The number of rotatable bonds is 2. The fourth-order valence-corrected chi connectivity index (χ4v) is 1.93. The summed E-state index contributed by atoms with van der Waals surface area (Å²) in [6.45, 7) is 1.95. The first-order chi connectivity index (χ1) is 8.61. The first kappa shape index (κ1) is 12.2. The van der Waals surface area contributed by atoms with Crippen LogP contribution in [0.3, 0.4) is 0 Å². The second-order valence-corrected chi connectivity index (χ2v) is 4.21. The molecule has 18 heavy (non-hydrogen) atoms. The van der Waals surface area contributed by atoms with Gasteiger partial charge in [0.05, 0.1) is 5.56 Å². The molecule has 0 spiro atoms. The lowest BCUT2D eigenvalue weighted by Gasteiger charge is -2.32. The average molecular weight is 249 g/mol. The van der Waals surface area contributed by atoms with Crippen LogP contribution in [0.4, 0.5) is 5.69 Å². The molecule has 0 radical (unpaired) electrons. The van der Waals surface area contributed by atoms with Gasteiger partial charge >= 0.3 is 0 Å². The number of hydrogen-bond donors (Lipinski definition) is 2. The number of carbonyl (C=O) groups excluding carboxylic acids is 2. The van der Waals surface area contributed by atoms with Gasteiger partial charge in [-0.25, -0.2) is 0 Å². The van der Waals surface area contributed by atoms with E-state index in [1.807, 2.05) is 0 Å². The van der Waals surface area contributed by atoms with Crippen molar-refractivity contribution in [2.24, 2.45) is 0 Å². The summed E-state index contributed by atoms with van der Waals surface area (Å²) < 4.78 is 0. The van der Waals surface area contributed by atoms with Crippen molar-refractivity contribution in [3.05, 3.63) is 23.8 Å². The third kappa shape index (κ3) is 2.37. The normalized spacial score (nSPS) is 15.6. The molecular formula is C12H15N3O3. The van der Waals surface area contributed by atoms with E-state index in [4.69, 9.17) is 5.73 Å². The molecule has 3 N–H and O–H groups in total. The van der Waals surface area contributed by atoms with E-state index >= 15 is 0 Å². The van der Waals surface area contributed by atoms with Crippen LogP contribution in [0.15, 0.2) is 18.2 Å². The Morgan fingerprint density at radius 3 is 2.56 bits per heavy atom. The molecule has 0 aromatic heterocycles. The third-order valence-electron chi connectivity index (χ3n) is 3.00. The molecule has 1 aromatic rings. The Morgan fingerprint density at radius 1 is 1.28 bits per heavy atom. The van der Waals surface area contributed by atoms with Gasteiger partial charge in [-0.05, 0) is 18.2 Å². The zero-order valence-electron chi connectivity index (χ0n) is 9.87. The van der Waals surface area contributed by atoms with Crippen LogP contribution < -0.4 is 5.73 Å². The van der Waals surface area contributed by atoms with Crippen molar-refractivity contribution in [3.63, 3.8) is 0 Å². The molecule has 0 aliphatic carbocycles. The van der Waals surface area contributed by atoms with Gasteiger partial charge < -0.3 is 20.6 Å². The third-order valence-corrected chi connectivity index (χ3v) is 3.00. The van der Waals surface area contributed by atoms with Crippen LogP contribution >= 0.6 is 0 Å². The highest BCUT2D eigenvalue weighted by Gasteiger charge is 2.23. The van der Waals surface area contributed by atoms with Gasteiger partial charge in [0.1, 0.15) is 5.75 Å². The molecule has 1 aromatic carbocycles. The molecule has 6 nitrogen and oxygen atoms in total. The number of nitrogens with zero attached hydrogens (tertiary/aromatic N) is 2. The highest BCUT2D eigenvalue weighted by atomic mass is 16.3. The number of benzene rings is 1. The van der Waals surface area contributed by atoms with Gasteiger partial charge in [-0.15, -0.1) is 0 Å². The number of amides is 2. The maximum Gasteiger partial charge on any atom is 0.257 e. The maximum atomic E-state index is 12.2. The monoisotopic (exact) mass is 249 g/mol. The van der Waals surface area contributed by atoms with E-state index in [0.29, 0.717) is 31.9 Å². The number of aromatic hydroxyl groups is 1. The number of nitrogen functional groups attached to an aromatic ring is 1. The molecule has 0 saturated carbocycles. The first-order valence-electron chi connectivity index (χ1n) is 5.69. The lowest BCUT2D eigenvalue weighted by atomic mass is 10.1. The zero-order chi connectivity index (χ0) is 13.1. The summed E-state index contributed by atoms with van der Waals surface area (Å²) in [5, 5.41) is 9.66. The largest absolute Gasteiger partial charge is 0.507 e.